The molecule has 1 fully saturated rings. The van der Waals surface area contributed by atoms with Gasteiger partial charge in [0.1, 0.15) is 12.3 Å². The van der Waals surface area contributed by atoms with Gasteiger partial charge in [-0.2, -0.15) is 0 Å². The van der Waals surface area contributed by atoms with Crippen LogP contribution in [0.3, 0.4) is 0 Å². The summed E-state index contributed by atoms with van der Waals surface area (Å²) in [4.78, 5) is 22.5. The maximum Gasteiger partial charge on any atom is 0.322 e. The van der Waals surface area contributed by atoms with Gasteiger partial charge in [-0.1, -0.05) is 11.6 Å². The third kappa shape index (κ3) is 3.87. The number of halogens is 1. The van der Waals surface area contributed by atoms with Crippen LogP contribution < -0.4 is 10.1 Å². The molecular formula is C14H16ClNO4. The highest BCUT2D eigenvalue weighted by Gasteiger charge is 2.20. The summed E-state index contributed by atoms with van der Waals surface area (Å²) < 4.78 is 5.82. The molecule has 0 heterocycles. The van der Waals surface area contributed by atoms with E-state index >= 15 is 0 Å². The second kappa shape index (κ2) is 6.61. The van der Waals surface area contributed by atoms with Crippen LogP contribution in [0, 0.1) is 0 Å². The Hall–Kier alpha value is -1.75. The Labute approximate surface area is 121 Å². The number of hydrogen-bond acceptors (Lipinski definition) is 3. The van der Waals surface area contributed by atoms with E-state index in [-0.39, 0.29) is 11.7 Å². The molecule has 0 radical (unpaired) electrons. The van der Waals surface area contributed by atoms with Crippen molar-refractivity contribution in [1.82, 2.24) is 5.32 Å². The third-order valence-corrected chi connectivity index (χ3v) is 3.42. The first kappa shape index (κ1) is 14.7. The van der Waals surface area contributed by atoms with Crippen LogP contribution in [0.2, 0.25) is 5.02 Å². The molecule has 0 aliphatic heterocycles. The Morgan fingerprint density at radius 3 is 2.70 bits per heavy atom. The molecule has 20 heavy (non-hydrogen) atoms. The van der Waals surface area contributed by atoms with Gasteiger partial charge in [0.15, 0.2) is 0 Å². The van der Waals surface area contributed by atoms with Crippen LogP contribution in [0.25, 0.3) is 0 Å². The number of carboxylic acids is 1. The van der Waals surface area contributed by atoms with Gasteiger partial charge in [-0.3, -0.25) is 9.59 Å². The van der Waals surface area contributed by atoms with E-state index in [1.165, 1.54) is 6.07 Å². The summed E-state index contributed by atoms with van der Waals surface area (Å²) in [5.74, 6) is -1.15. The van der Waals surface area contributed by atoms with E-state index in [1.54, 1.807) is 12.1 Å². The molecule has 0 bridgehead atoms. The summed E-state index contributed by atoms with van der Waals surface area (Å²) in [6.45, 7) is -0.436. The van der Waals surface area contributed by atoms with Crippen molar-refractivity contribution in [2.24, 2.45) is 0 Å². The lowest BCUT2D eigenvalue weighted by Gasteiger charge is -2.16. The first-order valence-electron chi connectivity index (χ1n) is 6.52. The van der Waals surface area contributed by atoms with Crippen LogP contribution in [0.4, 0.5) is 0 Å². The highest BCUT2D eigenvalue weighted by atomic mass is 35.5. The van der Waals surface area contributed by atoms with E-state index in [2.05, 4.69) is 5.32 Å². The molecule has 0 aromatic heterocycles. The van der Waals surface area contributed by atoms with Crippen molar-refractivity contribution in [2.45, 2.75) is 31.8 Å². The SMILES string of the molecule is O=C(O)CNC(=O)c1cc(Cl)ccc1OC1CCCC1. The summed E-state index contributed by atoms with van der Waals surface area (Å²) in [5.41, 5.74) is 0.269. The van der Waals surface area contributed by atoms with E-state index in [4.69, 9.17) is 21.4 Å². The van der Waals surface area contributed by atoms with Gasteiger partial charge >= 0.3 is 5.97 Å². The molecule has 0 atom stereocenters. The van der Waals surface area contributed by atoms with Gasteiger partial charge < -0.3 is 15.2 Å². The fourth-order valence-corrected chi connectivity index (χ4v) is 2.39. The molecule has 0 spiro atoms. The van der Waals surface area contributed by atoms with Gasteiger partial charge in [-0.05, 0) is 43.9 Å². The summed E-state index contributed by atoms with van der Waals surface area (Å²) in [7, 11) is 0. The van der Waals surface area contributed by atoms with Crippen LogP contribution >= 0.6 is 11.6 Å². The number of carbonyl (C=O) groups excluding carboxylic acids is 1. The second-order valence-electron chi connectivity index (χ2n) is 4.74. The van der Waals surface area contributed by atoms with Crippen molar-refractivity contribution in [3.63, 3.8) is 0 Å². The minimum absolute atomic E-state index is 0.113. The van der Waals surface area contributed by atoms with Crippen molar-refractivity contribution in [3.05, 3.63) is 28.8 Å². The normalized spacial score (nSPS) is 15.1. The van der Waals surface area contributed by atoms with Crippen LogP contribution in [-0.2, 0) is 4.79 Å². The van der Waals surface area contributed by atoms with Crippen molar-refractivity contribution >= 4 is 23.5 Å². The average molecular weight is 298 g/mol. The zero-order chi connectivity index (χ0) is 14.5. The molecule has 1 aliphatic carbocycles. The Kier molecular flexibility index (Phi) is 4.84. The smallest absolute Gasteiger partial charge is 0.322 e. The number of aliphatic carboxylic acids is 1. The maximum absolute atomic E-state index is 12.0. The number of carbonyl (C=O) groups is 2. The topological polar surface area (TPSA) is 75.6 Å². The second-order valence-corrected chi connectivity index (χ2v) is 5.18. The van der Waals surface area contributed by atoms with Crippen LogP contribution in [0.1, 0.15) is 36.0 Å². The van der Waals surface area contributed by atoms with Crippen molar-refractivity contribution < 1.29 is 19.4 Å². The number of benzene rings is 1. The third-order valence-electron chi connectivity index (χ3n) is 3.18. The molecular weight excluding hydrogens is 282 g/mol. The molecule has 0 unspecified atom stereocenters. The molecule has 2 rings (SSSR count). The molecule has 1 aromatic carbocycles. The van der Waals surface area contributed by atoms with Crippen LogP contribution in [0.5, 0.6) is 5.75 Å². The van der Waals surface area contributed by atoms with Crippen molar-refractivity contribution in [1.29, 1.82) is 0 Å². The number of carboxylic acid groups (broad SMARTS) is 1. The Bertz CT molecular complexity index is 512. The fraction of sp³-hybridized carbons (Fsp3) is 0.429. The van der Waals surface area contributed by atoms with E-state index in [1.807, 2.05) is 0 Å². The minimum Gasteiger partial charge on any atom is -0.490 e. The zero-order valence-corrected chi connectivity index (χ0v) is 11.7. The fourth-order valence-electron chi connectivity index (χ4n) is 2.22. The van der Waals surface area contributed by atoms with Gasteiger partial charge in [-0.15, -0.1) is 0 Å². The highest BCUT2D eigenvalue weighted by Crippen LogP contribution is 2.28. The van der Waals surface area contributed by atoms with Gasteiger partial charge in [-0.25, -0.2) is 0 Å². The molecule has 5 nitrogen and oxygen atoms in total. The lowest BCUT2D eigenvalue weighted by molar-refractivity contribution is -0.135. The van der Waals surface area contributed by atoms with Gasteiger partial charge in [0.2, 0.25) is 0 Å². The van der Waals surface area contributed by atoms with Gasteiger partial charge in [0, 0.05) is 5.02 Å². The predicted octanol–water partition coefficient (Wildman–Crippen LogP) is 2.48. The summed E-state index contributed by atoms with van der Waals surface area (Å²) in [6.07, 6.45) is 4.30. The molecule has 0 saturated heterocycles. The lowest BCUT2D eigenvalue weighted by Crippen LogP contribution is -2.30. The summed E-state index contributed by atoms with van der Waals surface area (Å²) in [5, 5.41) is 11.3. The Morgan fingerprint density at radius 2 is 2.05 bits per heavy atom. The van der Waals surface area contributed by atoms with Crippen molar-refractivity contribution in [2.75, 3.05) is 6.54 Å². The zero-order valence-electron chi connectivity index (χ0n) is 10.9. The standard InChI is InChI=1S/C14H16ClNO4/c15-9-5-6-12(20-10-3-1-2-4-10)11(7-9)14(19)16-8-13(17)18/h5-7,10H,1-4,8H2,(H,16,19)(H,17,18). The van der Waals surface area contributed by atoms with E-state index in [0.29, 0.717) is 10.8 Å². The maximum atomic E-state index is 12.0. The minimum atomic E-state index is -1.10. The van der Waals surface area contributed by atoms with E-state index in [9.17, 15) is 9.59 Å². The summed E-state index contributed by atoms with van der Waals surface area (Å²) in [6, 6.07) is 4.79. The Balaban J connectivity index is 2.14. The first-order valence-corrected chi connectivity index (χ1v) is 6.90. The molecule has 1 aromatic rings. The van der Waals surface area contributed by atoms with Gasteiger partial charge in [0.05, 0.1) is 11.7 Å². The number of amides is 1. The number of nitrogens with one attached hydrogen (secondary N) is 1. The molecule has 1 amide bonds. The van der Waals surface area contributed by atoms with Crippen LogP contribution in [-0.4, -0.2) is 29.6 Å². The first-order chi connectivity index (χ1) is 9.56. The number of hydrogen-bond donors (Lipinski definition) is 2. The molecule has 1 aliphatic rings. The molecule has 108 valence electrons. The monoisotopic (exact) mass is 297 g/mol. The Morgan fingerprint density at radius 1 is 1.35 bits per heavy atom. The molecule has 6 heteroatoms. The number of rotatable bonds is 5. The quantitative estimate of drug-likeness (QED) is 0.875. The molecule has 2 N–H and O–H groups in total. The van der Waals surface area contributed by atoms with Crippen LogP contribution in [0.15, 0.2) is 18.2 Å². The number of ether oxygens (including phenoxy) is 1. The van der Waals surface area contributed by atoms with Gasteiger partial charge in [0.25, 0.3) is 5.91 Å². The van der Waals surface area contributed by atoms with E-state index in [0.717, 1.165) is 25.7 Å². The van der Waals surface area contributed by atoms with E-state index < -0.39 is 18.4 Å². The van der Waals surface area contributed by atoms with Crippen molar-refractivity contribution in [3.8, 4) is 5.75 Å². The molecule has 1 saturated carbocycles. The highest BCUT2D eigenvalue weighted by molar-refractivity contribution is 6.31. The lowest BCUT2D eigenvalue weighted by atomic mass is 10.1. The predicted molar refractivity (Wildman–Crippen MR) is 74.3 cm³/mol. The largest absolute Gasteiger partial charge is 0.490 e. The average Bonchev–Trinajstić information content (AvgIpc) is 2.91. The summed E-state index contributed by atoms with van der Waals surface area (Å²) >= 11 is 5.89.